The molecule has 51 heavy (non-hydrogen) atoms. The van der Waals surface area contributed by atoms with Gasteiger partial charge in [0.25, 0.3) is 0 Å². The number of hydrogen-bond acceptors (Lipinski definition) is 8. The molecule has 0 aliphatic heterocycles. The molecule has 10 nitrogen and oxygen atoms in total. The van der Waals surface area contributed by atoms with E-state index in [1.807, 2.05) is 0 Å². The second kappa shape index (κ2) is 36.8. The van der Waals surface area contributed by atoms with E-state index in [0.717, 1.165) is 51.4 Å². The number of phosphoric ester groups is 1. The van der Waals surface area contributed by atoms with Gasteiger partial charge in [0.15, 0.2) is 0 Å². The largest absolute Gasteiger partial charge is 0.480 e. The number of phosphoric acid groups is 1. The Kier molecular flexibility index (Phi) is 35.7. The highest BCUT2D eigenvalue weighted by Gasteiger charge is 2.27. The summed E-state index contributed by atoms with van der Waals surface area (Å²) in [7, 11) is -4.60. The van der Waals surface area contributed by atoms with Crippen molar-refractivity contribution >= 4 is 19.8 Å². The van der Waals surface area contributed by atoms with E-state index in [-0.39, 0.29) is 13.0 Å². The summed E-state index contributed by atoms with van der Waals surface area (Å²) in [4.78, 5) is 33.4. The predicted molar refractivity (Wildman–Crippen MR) is 208 cm³/mol. The van der Waals surface area contributed by atoms with Crippen LogP contribution in [0.4, 0.5) is 0 Å². The second-order valence-corrected chi connectivity index (χ2v) is 15.2. The summed E-state index contributed by atoms with van der Waals surface area (Å²) in [5.74, 6) is -1.78. The molecule has 300 valence electrons. The molecule has 0 saturated heterocycles. The minimum absolute atomic E-state index is 0.0177. The fourth-order valence-electron chi connectivity index (χ4n) is 5.52. The van der Waals surface area contributed by atoms with Crippen molar-refractivity contribution in [3.63, 3.8) is 0 Å². The van der Waals surface area contributed by atoms with Crippen LogP contribution in [0.5, 0.6) is 0 Å². The summed E-state index contributed by atoms with van der Waals surface area (Å²) in [5.41, 5.74) is 5.33. The molecule has 0 spiro atoms. The third-order valence-electron chi connectivity index (χ3n) is 8.73. The summed E-state index contributed by atoms with van der Waals surface area (Å²) >= 11 is 0. The van der Waals surface area contributed by atoms with Gasteiger partial charge in [0.2, 0.25) is 0 Å². The van der Waals surface area contributed by atoms with Gasteiger partial charge in [-0.1, -0.05) is 154 Å². The zero-order chi connectivity index (χ0) is 37.7. The zero-order valence-electron chi connectivity index (χ0n) is 32.5. The molecule has 0 radical (unpaired) electrons. The highest BCUT2D eigenvalue weighted by atomic mass is 31.2. The quantitative estimate of drug-likeness (QED) is 0.0240. The van der Waals surface area contributed by atoms with Crippen LogP contribution in [-0.4, -0.2) is 60.5 Å². The van der Waals surface area contributed by atoms with Crippen molar-refractivity contribution in [1.82, 2.24) is 0 Å². The molecule has 3 atom stereocenters. The highest BCUT2D eigenvalue weighted by molar-refractivity contribution is 7.47. The normalized spacial score (nSPS) is 14.3. The van der Waals surface area contributed by atoms with Crippen LogP contribution in [0.15, 0.2) is 24.3 Å². The molecule has 0 saturated carbocycles. The van der Waals surface area contributed by atoms with Crippen molar-refractivity contribution in [3.05, 3.63) is 24.3 Å². The number of rotatable bonds is 39. The number of hydrogen-bond donors (Lipinski definition) is 3. The summed E-state index contributed by atoms with van der Waals surface area (Å²) < 4.78 is 33.1. The van der Waals surface area contributed by atoms with E-state index in [9.17, 15) is 19.0 Å². The van der Waals surface area contributed by atoms with Gasteiger partial charge in [-0.3, -0.25) is 18.6 Å². The van der Waals surface area contributed by atoms with Gasteiger partial charge in [0.05, 0.1) is 19.8 Å². The summed E-state index contributed by atoms with van der Waals surface area (Å²) in [5, 5.41) is 8.86. The molecular formula is C40H76NO9P. The van der Waals surface area contributed by atoms with Gasteiger partial charge in [0, 0.05) is 13.0 Å². The molecule has 0 amide bonds. The monoisotopic (exact) mass is 746 g/mol. The van der Waals surface area contributed by atoms with Crippen molar-refractivity contribution < 1.29 is 42.7 Å². The molecule has 3 unspecified atom stereocenters. The van der Waals surface area contributed by atoms with Crippen LogP contribution < -0.4 is 5.73 Å². The maximum atomic E-state index is 12.6. The molecule has 0 aliphatic rings. The van der Waals surface area contributed by atoms with E-state index in [4.69, 9.17) is 24.8 Å². The molecule has 0 aromatic heterocycles. The molecule has 0 aromatic rings. The van der Waals surface area contributed by atoms with Gasteiger partial charge in [-0.25, -0.2) is 4.57 Å². The summed E-state index contributed by atoms with van der Waals surface area (Å²) in [6.07, 6.45) is 38.1. The lowest BCUT2D eigenvalue weighted by Gasteiger charge is -2.20. The third-order valence-corrected chi connectivity index (χ3v) is 9.68. The molecule has 4 N–H and O–H groups in total. The van der Waals surface area contributed by atoms with Gasteiger partial charge in [0.1, 0.15) is 12.1 Å². The standard InChI is InChI=1S/C40H76NO9P/c1-3-5-7-9-11-13-14-15-16-17-18-19-20-21-22-23-24-25-26-28-30-32-39(42)50-37(34-47-33-31-29-27-12-10-8-6-4-2)35-48-51(45,46)49-36-38(41)40(43)44/h14-15,17-18,37-38H,3-13,16,19-36,41H2,1-2H3,(H,43,44)(H,45,46)/b15-14-,18-17-. The summed E-state index contributed by atoms with van der Waals surface area (Å²) in [6.45, 7) is 3.84. The number of unbranched alkanes of at least 4 members (excludes halogenated alkanes) is 21. The van der Waals surface area contributed by atoms with Crippen molar-refractivity contribution in [2.45, 2.75) is 193 Å². The Morgan fingerprint density at radius 1 is 0.627 bits per heavy atom. The number of carbonyl (C=O) groups is 2. The zero-order valence-corrected chi connectivity index (χ0v) is 33.3. The predicted octanol–water partition coefficient (Wildman–Crippen LogP) is 10.8. The average Bonchev–Trinajstić information content (AvgIpc) is 3.10. The van der Waals surface area contributed by atoms with Gasteiger partial charge in [-0.05, 0) is 44.9 Å². The van der Waals surface area contributed by atoms with E-state index in [1.165, 1.54) is 103 Å². The van der Waals surface area contributed by atoms with Gasteiger partial charge in [-0.2, -0.15) is 0 Å². The van der Waals surface area contributed by atoms with Gasteiger partial charge in [-0.15, -0.1) is 0 Å². The first-order valence-electron chi connectivity index (χ1n) is 20.4. The van der Waals surface area contributed by atoms with Gasteiger partial charge >= 0.3 is 19.8 Å². The lowest BCUT2D eigenvalue weighted by Crippen LogP contribution is -2.34. The maximum absolute atomic E-state index is 12.6. The van der Waals surface area contributed by atoms with E-state index in [2.05, 4.69) is 42.7 Å². The fourth-order valence-corrected chi connectivity index (χ4v) is 6.29. The number of aliphatic carboxylic acids is 1. The molecule has 0 heterocycles. The van der Waals surface area contributed by atoms with Crippen LogP contribution in [0, 0.1) is 0 Å². The first-order valence-corrected chi connectivity index (χ1v) is 21.9. The molecule has 0 bridgehead atoms. The average molecular weight is 746 g/mol. The number of carboxylic acid groups (broad SMARTS) is 1. The topological polar surface area (TPSA) is 155 Å². The Morgan fingerprint density at radius 2 is 1.08 bits per heavy atom. The second-order valence-electron chi connectivity index (χ2n) is 13.8. The van der Waals surface area contributed by atoms with Gasteiger partial charge < -0.3 is 25.2 Å². The van der Waals surface area contributed by atoms with Crippen LogP contribution >= 0.6 is 7.82 Å². The number of ether oxygens (including phenoxy) is 2. The van der Waals surface area contributed by atoms with E-state index in [0.29, 0.717) is 13.0 Å². The number of carboxylic acids is 1. The first-order chi connectivity index (χ1) is 24.7. The van der Waals surface area contributed by atoms with Crippen molar-refractivity contribution in [2.75, 3.05) is 26.4 Å². The Hall–Kier alpha value is -1.55. The van der Waals surface area contributed by atoms with E-state index in [1.54, 1.807) is 0 Å². The Balaban J connectivity index is 4.14. The maximum Gasteiger partial charge on any atom is 0.472 e. The third kappa shape index (κ3) is 36.6. The molecule has 0 rings (SSSR count). The van der Waals surface area contributed by atoms with Crippen LogP contribution in [0.1, 0.15) is 181 Å². The fraction of sp³-hybridized carbons (Fsp3) is 0.850. The minimum Gasteiger partial charge on any atom is -0.480 e. The smallest absolute Gasteiger partial charge is 0.472 e. The number of allylic oxidation sites excluding steroid dienone is 4. The van der Waals surface area contributed by atoms with Crippen molar-refractivity contribution in [2.24, 2.45) is 5.73 Å². The number of nitrogens with two attached hydrogens (primary N) is 1. The Bertz CT molecular complexity index is 914. The molecule has 0 fully saturated rings. The SMILES string of the molecule is CCCCCCC/C=C\C/C=C\CCCCCCCCCCCC(=O)OC(COCCCCCCCCCC)COP(=O)(O)OCC(N)C(=O)O. The minimum atomic E-state index is -4.60. The van der Waals surface area contributed by atoms with E-state index >= 15 is 0 Å². The summed E-state index contributed by atoms with van der Waals surface area (Å²) in [6, 6.07) is -1.47. The molecule has 11 heteroatoms. The lowest BCUT2D eigenvalue weighted by molar-refractivity contribution is -0.154. The Labute approximate surface area is 311 Å². The van der Waals surface area contributed by atoms with Crippen LogP contribution in [-0.2, 0) is 32.7 Å². The molecule has 0 aliphatic carbocycles. The highest BCUT2D eigenvalue weighted by Crippen LogP contribution is 2.43. The number of carbonyl (C=O) groups excluding carboxylic acids is 1. The molecule has 0 aromatic carbocycles. The molecular weight excluding hydrogens is 669 g/mol. The van der Waals surface area contributed by atoms with E-state index < -0.39 is 45.1 Å². The lowest BCUT2D eigenvalue weighted by atomic mass is 10.1. The van der Waals surface area contributed by atoms with Crippen molar-refractivity contribution in [3.8, 4) is 0 Å². The van der Waals surface area contributed by atoms with Crippen LogP contribution in [0.2, 0.25) is 0 Å². The first kappa shape index (κ1) is 49.5. The van der Waals surface area contributed by atoms with Crippen LogP contribution in [0.3, 0.4) is 0 Å². The Morgan fingerprint density at radius 3 is 1.59 bits per heavy atom. The van der Waals surface area contributed by atoms with Crippen molar-refractivity contribution in [1.29, 1.82) is 0 Å². The van der Waals surface area contributed by atoms with Crippen LogP contribution in [0.25, 0.3) is 0 Å². The number of esters is 1.